The van der Waals surface area contributed by atoms with E-state index in [0.29, 0.717) is 22.4 Å². The molecule has 0 aliphatic carbocycles. The number of rotatable bonds is 2. The van der Waals surface area contributed by atoms with Crippen molar-refractivity contribution in [1.29, 1.82) is 0 Å². The Labute approximate surface area is 116 Å². The van der Waals surface area contributed by atoms with Crippen molar-refractivity contribution in [1.82, 2.24) is 0 Å². The summed E-state index contributed by atoms with van der Waals surface area (Å²) in [5.41, 5.74) is 7.35. The van der Waals surface area contributed by atoms with Crippen LogP contribution in [0.1, 0.15) is 0 Å². The lowest BCUT2D eigenvalue weighted by molar-refractivity contribution is 0.483. The smallest absolute Gasteiger partial charge is 0.153 e. The minimum absolute atomic E-state index is 0.0558. The molecule has 0 aliphatic heterocycles. The zero-order chi connectivity index (χ0) is 13.9. The van der Waals surface area contributed by atoms with Gasteiger partial charge in [0.15, 0.2) is 11.4 Å². The molecule has 3 N–H and O–H groups in total. The summed E-state index contributed by atoms with van der Waals surface area (Å²) in [4.78, 5) is 0. The summed E-state index contributed by atoms with van der Waals surface area (Å²) >= 11 is 0. The van der Waals surface area contributed by atoms with Crippen molar-refractivity contribution in [2.45, 2.75) is 0 Å². The van der Waals surface area contributed by atoms with Crippen LogP contribution in [0, 0.1) is 0 Å². The Morgan fingerprint density at radius 1 is 0.850 bits per heavy atom. The van der Waals surface area contributed by atoms with Crippen molar-refractivity contribution in [2.75, 3.05) is 5.73 Å². The molecule has 0 aliphatic rings. The second kappa shape index (κ2) is 5.01. The van der Waals surface area contributed by atoms with Gasteiger partial charge < -0.3 is 10.8 Å². The van der Waals surface area contributed by atoms with E-state index in [9.17, 15) is 5.11 Å². The number of phenolic OH excluding ortho intramolecular Hbond substituents is 1. The first-order valence-electron chi connectivity index (χ1n) is 6.22. The van der Waals surface area contributed by atoms with E-state index in [1.807, 2.05) is 54.6 Å². The van der Waals surface area contributed by atoms with Crippen LogP contribution in [0.15, 0.2) is 70.9 Å². The number of nitrogen functional groups attached to an aromatic ring is 1. The maximum absolute atomic E-state index is 10.3. The van der Waals surface area contributed by atoms with E-state index in [0.717, 1.165) is 5.39 Å². The number of benzene rings is 3. The second-order valence-corrected chi connectivity index (χ2v) is 4.42. The Bertz CT molecular complexity index is 782. The molecule has 3 aromatic carbocycles. The molecule has 0 atom stereocenters. The van der Waals surface area contributed by atoms with Crippen molar-refractivity contribution in [2.24, 2.45) is 10.2 Å². The topological polar surface area (TPSA) is 71.0 Å². The lowest BCUT2D eigenvalue weighted by Gasteiger charge is -2.06. The van der Waals surface area contributed by atoms with Gasteiger partial charge in [-0.1, -0.05) is 42.5 Å². The highest BCUT2D eigenvalue weighted by atomic mass is 16.3. The Kier molecular flexibility index (Phi) is 3.05. The summed E-state index contributed by atoms with van der Waals surface area (Å²) in [6.45, 7) is 0. The van der Waals surface area contributed by atoms with Crippen molar-refractivity contribution in [3.05, 3.63) is 60.7 Å². The molecule has 0 saturated carbocycles. The van der Waals surface area contributed by atoms with Gasteiger partial charge in [-0.15, -0.1) is 5.11 Å². The molecule has 4 heteroatoms. The number of fused-ring (bicyclic) bond motifs is 1. The van der Waals surface area contributed by atoms with Crippen LogP contribution in [-0.4, -0.2) is 5.11 Å². The average Bonchev–Trinajstić information content (AvgIpc) is 2.48. The molecular weight excluding hydrogens is 250 g/mol. The fraction of sp³-hybridized carbons (Fsp3) is 0. The molecule has 0 unspecified atom stereocenters. The highest BCUT2D eigenvalue weighted by Crippen LogP contribution is 2.40. The minimum Gasteiger partial charge on any atom is -0.505 e. The van der Waals surface area contributed by atoms with Gasteiger partial charge >= 0.3 is 0 Å². The van der Waals surface area contributed by atoms with Gasteiger partial charge in [0.25, 0.3) is 0 Å². The highest BCUT2D eigenvalue weighted by molar-refractivity contribution is 5.97. The van der Waals surface area contributed by atoms with Crippen LogP contribution in [0.25, 0.3) is 10.8 Å². The summed E-state index contributed by atoms with van der Waals surface area (Å²) in [6.07, 6.45) is 0. The Balaban J connectivity index is 2.10. The molecule has 3 rings (SSSR count). The third-order valence-electron chi connectivity index (χ3n) is 3.05. The van der Waals surface area contributed by atoms with Crippen LogP contribution >= 0.6 is 0 Å². The number of aromatic hydroxyl groups is 1. The number of nitrogens with two attached hydrogens (primary N) is 1. The van der Waals surface area contributed by atoms with Crippen LogP contribution in [0.5, 0.6) is 5.75 Å². The standard InChI is InChI=1S/C16H13N3O/c17-14-10-11-6-4-5-9-13(11)16(20)15(14)19-18-12-7-2-1-3-8-12/h1-10,20H,17H2. The van der Waals surface area contributed by atoms with E-state index in [1.165, 1.54) is 0 Å². The van der Waals surface area contributed by atoms with E-state index >= 15 is 0 Å². The van der Waals surface area contributed by atoms with Gasteiger partial charge in [0.1, 0.15) is 0 Å². The molecule has 0 aromatic heterocycles. The number of anilines is 1. The maximum Gasteiger partial charge on any atom is 0.153 e. The molecule has 0 heterocycles. The Morgan fingerprint density at radius 3 is 2.35 bits per heavy atom. The van der Waals surface area contributed by atoms with E-state index in [-0.39, 0.29) is 5.75 Å². The van der Waals surface area contributed by atoms with Gasteiger partial charge in [0.2, 0.25) is 0 Å². The van der Waals surface area contributed by atoms with Gasteiger partial charge in [-0.25, -0.2) is 0 Å². The lowest BCUT2D eigenvalue weighted by atomic mass is 10.1. The molecule has 3 aromatic rings. The van der Waals surface area contributed by atoms with Gasteiger partial charge in [0.05, 0.1) is 11.4 Å². The van der Waals surface area contributed by atoms with Gasteiger partial charge in [-0.05, 0) is 23.6 Å². The predicted octanol–water partition coefficient (Wildman–Crippen LogP) is 4.54. The highest BCUT2D eigenvalue weighted by Gasteiger charge is 2.10. The van der Waals surface area contributed by atoms with Crippen LogP contribution < -0.4 is 5.73 Å². The quantitative estimate of drug-likeness (QED) is 0.526. The van der Waals surface area contributed by atoms with Crippen LogP contribution in [0.4, 0.5) is 17.1 Å². The largest absolute Gasteiger partial charge is 0.505 e. The SMILES string of the molecule is Nc1cc2ccccc2c(O)c1N=Nc1ccccc1. The number of hydrogen-bond acceptors (Lipinski definition) is 4. The molecule has 4 nitrogen and oxygen atoms in total. The first kappa shape index (κ1) is 12.2. The molecule has 0 fully saturated rings. The maximum atomic E-state index is 10.3. The summed E-state index contributed by atoms with van der Waals surface area (Å²) in [5, 5.41) is 20.0. The summed E-state index contributed by atoms with van der Waals surface area (Å²) in [6, 6.07) is 18.6. The lowest BCUT2D eigenvalue weighted by Crippen LogP contribution is -1.86. The molecule has 0 amide bonds. The van der Waals surface area contributed by atoms with Crippen LogP contribution in [0.3, 0.4) is 0 Å². The Morgan fingerprint density at radius 2 is 1.55 bits per heavy atom. The molecule has 0 spiro atoms. The predicted molar refractivity (Wildman–Crippen MR) is 80.6 cm³/mol. The van der Waals surface area contributed by atoms with Crippen molar-refractivity contribution in [3.63, 3.8) is 0 Å². The third kappa shape index (κ3) is 2.19. The molecule has 0 saturated heterocycles. The number of azo groups is 1. The average molecular weight is 263 g/mol. The van der Waals surface area contributed by atoms with Crippen molar-refractivity contribution in [3.8, 4) is 5.75 Å². The van der Waals surface area contributed by atoms with E-state index in [4.69, 9.17) is 5.73 Å². The summed E-state index contributed by atoms with van der Waals surface area (Å²) in [5.74, 6) is 0.0558. The van der Waals surface area contributed by atoms with Gasteiger partial charge in [-0.3, -0.25) is 0 Å². The monoisotopic (exact) mass is 263 g/mol. The summed E-state index contributed by atoms with van der Waals surface area (Å²) < 4.78 is 0. The molecule has 20 heavy (non-hydrogen) atoms. The summed E-state index contributed by atoms with van der Waals surface area (Å²) in [7, 11) is 0. The number of hydrogen-bond donors (Lipinski definition) is 2. The first-order chi connectivity index (χ1) is 9.75. The van der Waals surface area contributed by atoms with Gasteiger partial charge in [-0.2, -0.15) is 5.11 Å². The normalized spacial score (nSPS) is 11.2. The second-order valence-electron chi connectivity index (χ2n) is 4.42. The fourth-order valence-corrected chi connectivity index (χ4v) is 2.05. The fourth-order valence-electron chi connectivity index (χ4n) is 2.05. The van der Waals surface area contributed by atoms with Crippen molar-refractivity contribution >= 4 is 27.8 Å². The van der Waals surface area contributed by atoms with Gasteiger partial charge in [0, 0.05) is 5.39 Å². The van der Waals surface area contributed by atoms with Crippen LogP contribution in [0.2, 0.25) is 0 Å². The zero-order valence-corrected chi connectivity index (χ0v) is 10.7. The Hall–Kier alpha value is -2.88. The molecule has 98 valence electrons. The van der Waals surface area contributed by atoms with Crippen LogP contribution in [-0.2, 0) is 0 Å². The number of phenols is 1. The van der Waals surface area contributed by atoms with E-state index in [1.54, 1.807) is 6.07 Å². The van der Waals surface area contributed by atoms with Crippen molar-refractivity contribution < 1.29 is 5.11 Å². The molecule has 0 radical (unpaired) electrons. The molecule has 0 bridgehead atoms. The number of nitrogens with zero attached hydrogens (tertiary/aromatic N) is 2. The van der Waals surface area contributed by atoms with E-state index in [2.05, 4.69) is 10.2 Å². The zero-order valence-electron chi connectivity index (χ0n) is 10.7. The third-order valence-corrected chi connectivity index (χ3v) is 3.05. The van der Waals surface area contributed by atoms with E-state index < -0.39 is 0 Å². The molecular formula is C16H13N3O. The minimum atomic E-state index is 0.0558. The first-order valence-corrected chi connectivity index (χ1v) is 6.22.